The van der Waals surface area contributed by atoms with Crippen LogP contribution in [0.3, 0.4) is 0 Å². The van der Waals surface area contributed by atoms with Gasteiger partial charge in [0.25, 0.3) is 0 Å². The lowest BCUT2D eigenvalue weighted by Gasteiger charge is -2.08. The zero-order chi connectivity index (χ0) is 16.8. The zero-order valence-corrected chi connectivity index (χ0v) is 12.6. The number of ether oxygens (including phenoxy) is 1. The lowest BCUT2D eigenvalue weighted by molar-refractivity contribution is 0.155. The Kier molecular flexibility index (Phi) is 4.49. The van der Waals surface area contributed by atoms with Crippen LogP contribution >= 0.6 is 0 Å². The fraction of sp³-hybridized carbons (Fsp3) is 0.0588. The van der Waals surface area contributed by atoms with Crippen molar-refractivity contribution in [3.63, 3.8) is 0 Å². The van der Waals surface area contributed by atoms with Crippen molar-refractivity contribution in [2.45, 2.75) is 6.61 Å². The van der Waals surface area contributed by atoms with Crippen LogP contribution in [0.5, 0.6) is 0 Å². The van der Waals surface area contributed by atoms with Crippen molar-refractivity contribution in [3.05, 3.63) is 72.1 Å². The summed E-state index contributed by atoms with van der Waals surface area (Å²) in [4.78, 5) is 15.9. The van der Waals surface area contributed by atoms with E-state index in [-0.39, 0.29) is 12.6 Å². The van der Waals surface area contributed by atoms with Gasteiger partial charge >= 0.3 is 6.09 Å². The summed E-state index contributed by atoms with van der Waals surface area (Å²) in [6.45, 7) is 0.164. The van der Waals surface area contributed by atoms with Crippen molar-refractivity contribution in [1.82, 2.24) is 14.8 Å². The second-order valence-electron chi connectivity index (χ2n) is 4.84. The summed E-state index contributed by atoms with van der Waals surface area (Å²) >= 11 is 0. The molecule has 3 aromatic rings. The van der Waals surface area contributed by atoms with Crippen LogP contribution in [0.15, 0.2) is 60.9 Å². The van der Waals surface area contributed by atoms with Gasteiger partial charge in [0, 0.05) is 0 Å². The first kappa shape index (κ1) is 15.2. The molecule has 0 saturated heterocycles. The number of nitriles is 1. The molecular weight excluding hydrogens is 306 g/mol. The van der Waals surface area contributed by atoms with E-state index in [2.05, 4.69) is 15.4 Å². The van der Waals surface area contributed by atoms with Crippen molar-refractivity contribution in [3.8, 4) is 11.8 Å². The normalized spacial score (nSPS) is 9.96. The summed E-state index contributed by atoms with van der Waals surface area (Å²) in [5.74, 6) is 0.234. The molecule has 0 unspecified atom stereocenters. The molecule has 7 heteroatoms. The van der Waals surface area contributed by atoms with Gasteiger partial charge in [-0.2, -0.15) is 20.0 Å². The fourth-order valence-electron chi connectivity index (χ4n) is 2.04. The Bertz CT molecular complexity index is 866. The number of rotatable bonds is 4. The molecular formula is C17H13N5O2. The zero-order valence-electron chi connectivity index (χ0n) is 12.6. The first-order valence-electron chi connectivity index (χ1n) is 7.14. The van der Waals surface area contributed by atoms with E-state index in [1.807, 2.05) is 36.4 Å². The summed E-state index contributed by atoms with van der Waals surface area (Å²) < 4.78 is 6.60. The summed E-state index contributed by atoms with van der Waals surface area (Å²) in [6, 6.07) is 18.2. The van der Waals surface area contributed by atoms with Gasteiger partial charge in [0.1, 0.15) is 12.9 Å². The number of nitrogens with one attached hydrogen (secondary N) is 1. The van der Waals surface area contributed by atoms with Crippen LogP contribution < -0.4 is 5.32 Å². The van der Waals surface area contributed by atoms with E-state index < -0.39 is 6.09 Å². The molecule has 1 N–H and O–H groups in total. The van der Waals surface area contributed by atoms with Crippen LogP contribution in [0.25, 0.3) is 5.69 Å². The number of carbonyl (C=O) groups excluding carboxylic acids is 1. The molecule has 0 aliphatic carbocycles. The minimum absolute atomic E-state index is 0.164. The van der Waals surface area contributed by atoms with Gasteiger partial charge in [0.15, 0.2) is 0 Å². The maximum absolute atomic E-state index is 11.9. The molecule has 24 heavy (non-hydrogen) atoms. The number of benzene rings is 2. The molecule has 2 aromatic carbocycles. The van der Waals surface area contributed by atoms with Gasteiger partial charge in [-0.1, -0.05) is 30.3 Å². The molecule has 0 aliphatic rings. The highest BCUT2D eigenvalue weighted by Crippen LogP contribution is 2.13. The summed E-state index contributed by atoms with van der Waals surface area (Å²) in [7, 11) is 0. The number of nitrogens with zero attached hydrogens (tertiary/aromatic N) is 4. The molecule has 0 spiro atoms. The van der Waals surface area contributed by atoms with E-state index in [0.717, 1.165) is 5.56 Å². The molecule has 0 aliphatic heterocycles. The summed E-state index contributed by atoms with van der Waals surface area (Å²) in [6.07, 6.45) is 0.701. The van der Waals surface area contributed by atoms with Crippen molar-refractivity contribution in [2.24, 2.45) is 0 Å². The summed E-state index contributed by atoms with van der Waals surface area (Å²) in [5.41, 5.74) is 2.10. The molecule has 1 amide bonds. The molecule has 0 fully saturated rings. The number of anilines is 1. The van der Waals surface area contributed by atoms with Gasteiger partial charge in [-0.25, -0.2) is 4.79 Å². The van der Waals surface area contributed by atoms with Crippen LogP contribution in [-0.4, -0.2) is 20.9 Å². The highest BCUT2D eigenvalue weighted by atomic mass is 16.5. The SMILES string of the molecule is N#Cc1ccc(-n2ncnc2NC(=O)OCc2ccccc2)cc1. The molecule has 3 rings (SSSR count). The van der Waals surface area contributed by atoms with Gasteiger partial charge < -0.3 is 4.74 Å². The van der Waals surface area contributed by atoms with Gasteiger partial charge in [0.05, 0.1) is 17.3 Å². The third kappa shape index (κ3) is 3.56. The van der Waals surface area contributed by atoms with Crippen LogP contribution in [0, 0.1) is 11.3 Å². The predicted octanol–water partition coefficient (Wildman–Crippen LogP) is 2.89. The average Bonchev–Trinajstić information content (AvgIpc) is 3.09. The Morgan fingerprint density at radius 2 is 1.92 bits per heavy atom. The molecule has 0 bridgehead atoms. The van der Waals surface area contributed by atoms with E-state index in [9.17, 15) is 4.79 Å². The smallest absolute Gasteiger partial charge is 0.414 e. The maximum atomic E-state index is 11.9. The largest absolute Gasteiger partial charge is 0.444 e. The Morgan fingerprint density at radius 3 is 2.62 bits per heavy atom. The van der Waals surface area contributed by atoms with Crippen molar-refractivity contribution in [2.75, 3.05) is 5.32 Å². The van der Waals surface area contributed by atoms with Crippen LogP contribution in [0.4, 0.5) is 10.7 Å². The van der Waals surface area contributed by atoms with Crippen LogP contribution in [0.2, 0.25) is 0 Å². The number of carbonyl (C=O) groups is 1. The van der Waals surface area contributed by atoms with E-state index >= 15 is 0 Å². The predicted molar refractivity (Wildman–Crippen MR) is 86.3 cm³/mol. The van der Waals surface area contributed by atoms with E-state index in [0.29, 0.717) is 11.3 Å². The quantitative estimate of drug-likeness (QED) is 0.798. The Labute approximate surface area is 138 Å². The third-order valence-electron chi connectivity index (χ3n) is 3.22. The second kappa shape index (κ2) is 7.07. The third-order valence-corrected chi connectivity index (χ3v) is 3.22. The van der Waals surface area contributed by atoms with Crippen molar-refractivity contribution >= 4 is 12.0 Å². The molecule has 0 radical (unpaired) electrons. The first-order valence-corrected chi connectivity index (χ1v) is 7.14. The Hall–Kier alpha value is -3.66. The lowest BCUT2D eigenvalue weighted by atomic mass is 10.2. The van der Waals surface area contributed by atoms with E-state index in [4.69, 9.17) is 10.00 Å². The minimum atomic E-state index is -0.623. The Morgan fingerprint density at radius 1 is 1.17 bits per heavy atom. The van der Waals surface area contributed by atoms with E-state index in [1.54, 1.807) is 24.3 Å². The highest BCUT2D eigenvalue weighted by molar-refractivity contribution is 5.82. The number of hydrogen-bond donors (Lipinski definition) is 1. The van der Waals surface area contributed by atoms with Crippen molar-refractivity contribution in [1.29, 1.82) is 5.26 Å². The van der Waals surface area contributed by atoms with Gasteiger partial charge in [0.2, 0.25) is 5.95 Å². The topological polar surface area (TPSA) is 92.8 Å². The molecule has 0 saturated carbocycles. The van der Waals surface area contributed by atoms with E-state index in [1.165, 1.54) is 11.0 Å². The fourth-order valence-corrected chi connectivity index (χ4v) is 2.04. The lowest BCUT2D eigenvalue weighted by Crippen LogP contribution is -2.17. The number of amides is 1. The summed E-state index contributed by atoms with van der Waals surface area (Å²) in [5, 5.41) is 15.4. The van der Waals surface area contributed by atoms with Crippen LogP contribution in [-0.2, 0) is 11.3 Å². The molecule has 118 valence electrons. The van der Waals surface area contributed by atoms with Gasteiger partial charge in [-0.15, -0.1) is 0 Å². The van der Waals surface area contributed by atoms with Crippen LogP contribution in [0.1, 0.15) is 11.1 Å². The standard InChI is InChI=1S/C17H13N5O2/c18-10-13-6-8-15(9-7-13)22-16(19-12-20-22)21-17(23)24-11-14-4-2-1-3-5-14/h1-9,12H,11H2,(H,19,20,21,23). The maximum Gasteiger partial charge on any atom is 0.414 e. The first-order chi connectivity index (χ1) is 11.8. The Balaban J connectivity index is 1.66. The van der Waals surface area contributed by atoms with Crippen molar-refractivity contribution < 1.29 is 9.53 Å². The van der Waals surface area contributed by atoms with Gasteiger partial charge in [-0.05, 0) is 29.8 Å². The molecule has 0 atom stereocenters. The van der Waals surface area contributed by atoms with Gasteiger partial charge in [-0.3, -0.25) is 5.32 Å². The number of hydrogen-bond acceptors (Lipinski definition) is 5. The monoisotopic (exact) mass is 319 g/mol. The molecule has 1 aromatic heterocycles. The second-order valence-corrected chi connectivity index (χ2v) is 4.84. The average molecular weight is 319 g/mol. The highest BCUT2D eigenvalue weighted by Gasteiger charge is 2.11. The molecule has 7 nitrogen and oxygen atoms in total. The number of aromatic nitrogens is 3. The minimum Gasteiger partial charge on any atom is -0.444 e. The molecule has 1 heterocycles.